The lowest BCUT2D eigenvalue weighted by Gasteiger charge is -2.31. The summed E-state index contributed by atoms with van der Waals surface area (Å²) >= 11 is 0. The van der Waals surface area contributed by atoms with Crippen LogP contribution in [0, 0.1) is 5.82 Å². The first-order valence-corrected chi connectivity index (χ1v) is 10.6. The van der Waals surface area contributed by atoms with E-state index in [0.29, 0.717) is 17.5 Å². The summed E-state index contributed by atoms with van der Waals surface area (Å²) in [6.45, 7) is 0. The Morgan fingerprint density at radius 3 is 2.46 bits per heavy atom. The number of nitrogens with zero attached hydrogens (tertiary/aromatic N) is 2. The van der Waals surface area contributed by atoms with Gasteiger partial charge in [0.2, 0.25) is 5.91 Å². The maximum absolute atomic E-state index is 13.3. The zero-order valence-corrected chi connectivity index (χ0v) is 15.6. The highest BCUT2D eigenvalue weighted by molar-refractivity contribution is 7.91. The van der Waals surface area contributed by atoms with E-state index in [-0.39, 0.29) is 23.2 Å². The normalized spacial score (nSPS) is 24.0. The second-order valence-electron chi connectivity index (χ2n) is 6.88. The van der Waals surface area contributed by atoms with Gasteiger partial charge >= 0.3 is 0 Å². The van der Waals surface area contributed by atoms with Gasteiger partial charge < -0.3 is 0 Å². The minimum absolute atomic E-state index is 0.0351. The number of halogens is 1. The van der Waals surface area contributed by atoms with Crippen molar-refractivity contribution in [3.05, 3.63) is 65.5 Å². The van der Waals surface area contributed by atoms with Crippen molar-refractivity contribution in [2.45, 2.75) is 18.4 Å². The van der Waals surface area contributed by atoms with Gasteiger partial charge in [-0.25, -0.2) is 17.7 Å². The van der Waals surface area contributed by atoms with Crippen LogP contribution in [0.4, 0.5) is 10.1 Å². The van der Waals surface area contributed by atoms with E-state index >= 15 is 0 Å². The van der Waals surface area contributed by atoms with Crippen LogP contribution >= 0.6 is 0 Å². The largest absolute Gasteiger partial charge is 0.292 e. The standard InChI is InChI=1S/C20H17FN2O4S/c21-13-5-7-15(8-6-13)23-19(24)17-4-2-1-3-16(17)18(20(23)25)11-22-14-9-10-28(26,27)12-14/h1-8,11,14,18H,9-10,12H2/t14-,18+/m0/s1. The maximum atomic E-state index is 13.3. The molecule has 2 aromatic rings. The fourth-order valence-electron chi connectivity index (χ4n) is 3.54. The molecule has 0 spiro atoms. The maximum Gasteiger partial charge on any atom is 0.265 e. The molecule has 28 heavy (non-hydrogen) atoms. The van der Waals surface area contributed by atoms with Crippen LogP contribution in [-0.4, -0.2) is 44.0 Å². The first-order chi connectivity index (χ1) is 13.4. The Labute approximate surface area is 161 Å². The molecule has 0 radical (unpaired) electrons. The first-order valence-electron chi connectivity index (χ1n) is 8.82. The van der Waals surface area contributed by atoms with E-state index in [9.17, 15) is 22.4 Å². The highest BCUT2D eigenvalue weighted by Crippen LogP contribution is 2.32. The van der Waals surface area contributed by atoms with Crippen LogP contribution in [0.5, 0.6) is 0 Å². The predicted octanol–water partition coefficient (Wildman–Crippen LogP) is 2.35. The van der Waals surface area contributed by atoms with Crippen molar-refractivity contribution in [2.75, 3.05) is 16.4 Å². The predicted molar refractivity (Wildman–Crippen MR) is 103 cm³/mol. The number of sulfone groups is 1. The van der Waals surface area contributed by atoms with Crippen molar-refractivity contribution in [1.82, 2.24) is 0 Å². The Morgan fingerprint density at radius 1 is 1.07 bits per heavy atom. The molecule has 2 atom stereocenters. The molecule has 0 aromatic heterocycles. The van der Waals surface area contributed by atoms with Gasteiger partial charge in [0.1, 0.15) is 5.82 Å². The number of aliphatic imine (C=N–C) groups is 1. The Balaban J connectivity index is 1.72. The number of hydrogen-bond acceptors (Lipinski definition) is 5. The van der Waals surface area contributed by atoms with Crippen molar-refractivity contribution in [2.24, 2.45) is 4.99 Å². The molecule has 2 amide bonds. The van der Waals surface area contributed by atoms with E-state index in [1.54, 1.807) is 24.3 Å². The minimum Gasteiger partial charge on any atom is -0.292 e. The molecule has 144 valence electrons. The molecule has 2 aliphatic heterocycles. The average molecular weight is 400 g/mol. The lowest BCUT2D eigenvalue weighted by Crippen LogP contribution is -2.45. The van der Waals surface area contributed by atoms with E-state index in [1.807, 2.05) is 0 Å². The lowest BCUT2D eigenvalue weighted by atomic mass is 9.89. The van der Waals surface area contributed by atoms with Crippen LogP contribution in [0.15, 0.2) is 53.5 Å². The summed E-state index contributed by atoms with van der Waals surface area (Å²) in [5, 5.41) is 0. The number of rotatable bonds is 3. The van der Waals surface area contributed by atoms with E-state index in [1.165, 1.54) is 30.5 Å². The number of imide groups is 1. The number of amides is 2. The smallest absolute Gasteiger partial charge is 0.265 e. The fourth-order valence-corrected chi connectivity index (χ4v) is 5.17. The summed E-state index contributed by atoms with van der Waals surface area (Å²) < 4.78 is 36.5. The van der Waals surface area contributed by atoms with Crippen LogP contribution < -0.4 is 4.90 Å². The second kappa shape index (κ2) is 6.94. The first kappa shape index (κ1) is 18.5. The van der Waals surface area contributed by atoms with Crippen LogP contribution in [-0.2, 0) is 14.6 Å². The quantitative estimate of drug-likeness (QED) is 0.585. The Bertz CT molecular complexity index is 1080. The summed E-state index contributed by atoms with van der Waals surface area (Å²) in [6.07, 6.45) is 1.86. The highest BCUT2D eigenvalue weighted by Gasteiger charge is 2.39. The molecule has 2 heterocycles. The molecule has 0 unspecified atom stereocenters. The third kappa shape index (κ3) is 3.35. The summed E-state index contributed by atoms with van der Waals surface area (Å²) in [5.74, 6) is -2.22. The molecule has 2 aromatic carbocycles. The van der Waals surface area contributed by atoms with Crippen LogP contribution in [0.3, 0.4) is 0 Å². The summed E-state index contributed by atoms with van der Waals surface area (Å²) in [6, 6.07) is 11.5. The van der Waals surface area contributed by atoms with E-state index < -0.39 is 33.4 Å². The molecule has 0 bridgehead atoms. The Morgan fingerprint density at radius 2 is 1.79 bits per heavy atom. The number of fused-ring (bicyclic) bond motifs is 1. The van der Waals surface area contributed by atoms with E-state index in [0.717, 1.165) is 4.90 Å². The van der Waals surface area contributed by atoms with Crippen molar-refractivity contribution < 1.29 is 22.4 Å². The van der Waals surface area contributed by atoms with Gasteiger partial charge in [-0.2, -0.15) is 0 Å². The minimum atomic E-state index is -3.09. The van der Waals surface area contributed by atoms with Crippen LogP contribution in [0.2, 0.25) is 0 Å². The number of benzene rings is 2. The summed E-state index contributed by atoms with van der Waals surface area (Å²) in [5.41, 5.74) is 1.16. The van der Waals surface area contributed by atoms with Gasteiger partial charge in [-0.3, -0.25) is 14.6 Å². The van der Waals surface area contributed by atoms with Crippen molar-refractivity contribution in [3.63, 3.8) is 0 Å². The van der Waals surface area contributed by atoms with Crippen LogP contribution in [0.25, 0.3) is 0 Å². The molecular weight excluding hydrogens is 383 g/mol. The van der Waals surface area contributed by atoms with Gasteiger partial charge in [0.25, 0.3) is 5.91 Å². The molecule has 1 fully saturated rings. The topological polar surface area (TPSA) is 83.9 Å². The van der Waals surface area contributed by atoms with Gasteiger partial charge in [0.05, 0.1) is 29.2 Å². The molecule has 6 nitrogen and oxygen atoms in total. The Hall–Kier alpha value is -2.87. The average Bonchev–Trinajstić information content (AvgIpc) is 3.02. The monoisotopic (exact) mass is 400 g/mol. The summed E-state index contributed by atoms with van der Waals surface area (Å²) in [4.78, 5) is 31.4. The molecule has 0 N–H and O–H groups in total. The van der Waals surface area contributed by atoms with Gasteiger partial charge in [0, 0.05) is 11.8 Å². The molecule has 8 heteroatoms. The van der Waals surface area contributed by atoms with E-state index in [2.05, 4.69) is 4.99 Å². The number of carbonyl (C=O) groups is 2. The fraction of sp³-hybridized carbons (Fsp3) is 0.250. The third-order valence-corrected chi connectivity index (χ3v) is 6.71. The Kier molecular flexibility index (Phi) is 4.58. The van der Waals surface area contributed by atoms with Crippen LogP contribution in [0.1, 0.15) is 28.3 Å². The van der Waals surface area contributed by atoms with Crippen molar-refractivity contribution in [3.8, 4) is 0 Å². The molecule has 4 rings (SSSR count). The number of carbonyl (C=O) groups excluding carboxylic acids is 2. The molecule has 0 aliphatic carbocycles. The lowest BCUT2D eigenvalue weighted by molar-refractivity contribution is -0.118. The zero-order valence-electron chi connectivity index (χ0n) is 14.8. The second-order valence-corrected chi connectivity index (χ2v) is 9.10. The number of hydrogen-bond donors (Lipinski definition) is 0. The summed E-state index contributed by atoms with van der Waals surface area (Å²) in [7, 11) is -3.09. The third-order valence-electron chi connectivity index (χ3n) is 4.95. The van der Waals surface area contributed by atoms with Gasteiger partial charge in [0.15, 0.2) is 9.84 Å². The van der Waals surface area contributed by atoms with E-state index in [4.69, 9.17) is 0 Å². The molecule has 0 saturated carbocycles. The SMILES string of the molecule is O=C1c2ccccc2[C@@H](C=N[C@H]2CCS(=O)(=O)C2)C(=O)N1c1ccc(F)cc1. The molecule has 2 aliphatic rings. The zero-order chi connectivity index (χ0) is 19.9. The van der Waals surface area contributed by atoms with Crippen molar-refractivity contribution in [1.29, 1.82) is 0 Å². The van der Waals surface area contributed by atoms with Gasteiger partial charge in [-0.05, 0) is 42.3 Å². The highest BCUT2D eigenvalue weighted by atomic mass is 32.2. The molecule has 1 saturated heterocycles. The number of anilines is 1. The molecular formula is C20H17FN2O4S. The van der Waals surface area contributed by atoms with Crippen molar-refractivity contribution >= 4 is 33.6 Å². The van der Waals surface area contributed by atoms with Gasteiger partial charge in [-0.15, -0.1) is 0 Å². The van der Waals surface area contributed by atoms with Gasteiger partial charge in [-0.1, -0.05) is 18.2 Å².